The normalized spacial score (nSPS) is 34.4. The zero-order valence-electron chi connectivity index (χ0n) is 19.1. The average Bonchev–Trinajstić information content (AvgIpc) is 3.38. The number of aromatic nitrogens is 4. The zero-order chi connectivity index (χ0) is 25.8. The molecule has 0 saturated carbocycles. The smallest absolute Gasteiger partial charge is 0.394 e. The first kappa shape index (κ1) is 25.2. The van der Waals surface area contributed by atoms with Crippen LogP contribution in [0.2, 0.25) is 0 Å². The maximum Gasteiger partial charge on any atom is 0.472 e. The molecule has 0 amide bonds. The standard InChI is InChI=1S/C20H25N4O11P/c1-9-5-23-17-4-13(14(7-25)33-17)35-36(30,31)32-8-15-12(26)3-16(34-15)24-6-10(18(27)22-20(24)29)2-11(9)21-19(23)28/h5-6,12-17,25-26H,2-4,7-8H2,1H3,(H,30,31)(H,22,27,29)/t12-,13-,14+,15+,16+,17+/m0/s1. The molecular formula is C20H25N4O11P. The fourth-order valence-electron chi connectivity index (χ4n) is 4.58. The highest BCUT2D eigenvalue weighted by Gasteiger charge is 2.43. The van der Waals surface area contributed by atoms with Crippen molar-refractivity contribution < 1.29 is 38.2 Å². The number of nitrogens with one attached hydrogen (secondary N) is 1. The fourth-order valence-corrected chi connectivity index (χ4v) is 5.54. The van der Waals surface area contributed by atoms with Gasteiger partial charge in [0.05, 0.1) is 25.0 Å². The molecule has 0 aromatic carbocycles. The van der Waals surface area contributed by atoms with Crippen LogP contribution in [0.4, 0.5) is 0 Å². The van der Waals surface area contributed by atoms with Gasteiger partial charge in [-0.05, 0) is 12.5 Å². The van der Waals surface area contributed by atoms with Gasteiger partial charge in [-0.2, -0.15) is 4.98 Å². The van der Waals surface area contributed by atoms with E-state index >= 15 is 0 Å². The lowest BCUT2D eigenvalue weighted by Crippen LogP contribution is -2.35. The Hall–Kier alpha value is -2.49. The number of phosphoric acid groups is 1. The highest BCUT2D eigenvalue weighted by Crippen LogP contribution is 2.49. The van der Waals surface area contributed by atoms with Gasteiger partial charge in [0.25, 0.3) is 5.56 Å². The summed E-state index contributed by atoms with van der Waals surface area (Å²) in [5.74, 6) is 0. The Balaban J connectivity index is 1.59. The second-order valence-electron chi connectivity index (χ2n) is 8.95. The second kappa shape index (κ2) is 9.43. The monoisotopic (exact) mass is 528 g/mol. The van der Waals surface area contributed by atoms with Crippen molar-refractivity contribution in [1.82, 2.24) is 19.1 Å². The third kappa shape index (κ3) is 4.76. The number of hydrogen-bond acceptors (Lipinski definition) is 11. The number of ether oxygens (including phenoxy) is 2. The Labute approximate surface area is 202 Å². The van der Waals surface area contributed by atoms with Crippen molar-refractivity contribution in [1.29, 1.82) is 0 Å². The number of H-pyrrole nitrogens is 1. The Morgan fingerprint density at radius 1 is 1.14 bits per heavy atom. The van der Waals surface area contributed by atoms with Crippen molar-refractivity contribution >= 4 is 7.82 Å². The van der Waals surface area contributed by atoms with E-state index in [2.05, 4.69) is 9.97 Å². The van der Waals surface area contributed by atoms with Gasteiger partial charge < -0.3 is 24.6 Å². The third-order valence-electron chi connectivity index (χ3n) is 6.49. The van der Waals surface area contributed by atoms with Gasteiger partial charge in [-0.3, -0.25) is 28.0 Å². The van der Waals surface area contributed by atoms with Gasteiger partial charge in [0.2, 0.25) is 0 Å². The lowest BCUT2D eigenvalue weighted by atomic mass is 10.1. The van der Waals surface area contributed by atoms with Gasteiger partial charge >= 0.3 is 19.2 Å². The minimum atomic E-state index is -4.72. The molecule has 0 spiro atoms. The van der Waals surface area contributed by atoms with E-state index in [0.717, 1.165) is 4.57 Å². The first-order chi connectivity index (χ1) is 17.0. The number of aliphatic hydroxyl groups is 2. The summed E-state index contributed by atoms with van der Waals surface area (Å²) < 4.78 is 36.5. The maximum atomic E-state index is 12.8. The molecule has 2 aromatic rings. The van der Waals surface area contributed by atoms with Crippen LogP contribution in [0.25, 0.3) is 0 Å². The number of aliphatic hydroxyl groups excluding tert-OH is 2. The Bertz CT molecular complexity index is 1390. The molecule has 196 valence electrons. The largest absolute Gasteiger partial charge is 0.472 e. The van der Waals surface area contributed by atoms with Crippen LogP contribution in [0.3, 0.4) is 0 Å². The van der Waals surface area contributed by atoms with Crippen LogP contribution in [0, 0.1) is 6.92 Å². The van der Waals surface area contributed by atoms with Crippen molar-refractivity contribution in [3.63, 3.8) is 0 Å². The van der Waals surface area contributed by atoms with E-state index < -0.39 is 74.8 Å². The van der Waals surface area contributed by atoms with Crippen molar-refractivity contribution in [2.45, 2.75) is 63.1 Å². The molecule has 4 aliphatic rings. The van der Waals surface area contributed by atoms with E-state index in [9.17, 15) is 34.1 Å². The van der Waals surface area contributed by atoms with Crippen LogP contribution in [0.15, 0.2) is 26.8 Å². The van der Waals surface area contributed by atoms with E-state index in [0.29, 0.717) is 5.56 Å². The molecule has 4 aliphatic heterocycles. The number of hydrogen-bond donors (Lipinski definition) is 4. The Morgan fingerprint density at radius 3 is 2.64 bits per heavy atom. The Kier molecular flexibility index (Phi) is 6.59. The third-order valence-corrected chi connectivity index (χ3v) is 7.51. The van der Waals surface area contributed by atoms with Crippen molar-refractivity contribution in [2.75, 3.05) is 13.2 Å². The average molecular weight is 528 g/mol. The van der Waals surface area contributed by atoms with E-state index in [1.165, 1.54) is 17.0 Å². The molecule has 7 atom stereocenters. The molecule has 0 radical (unpaired) electrons. The van der Waals surface area contributed by atoms with Crippen molar-refractivity contribution in [3.8, 4) is 0 Å². The summed E-state index contributed by atoms with van der Waals surface area (Å²) in [7, 11) is -4.72. The van der Waals surface area contributed by atoms with Gasteiger partial charge in [-0.1, -0.05) is 0 Å². The molecule has 2 saturated heterocycles. The predicted octanol–water partition coefficient (Wildman–Crippen LogP) is -1.56. The van der Waals surface area contributed by atoms with E-state index in [4.69, 9.17) is 18.5 Å². The molecule has 4 N–H and O–H groups in total. The quantitative estimate of drug-likeness (QED) is 0.310. The predicted molar refractivity (Wildman–Crippen MR) is 118 cm³/mol. The van der Waals surface area contributed by atoms with Crippen LogP contribution in [0.1, 0.15) is 42.1 Å². The van der Waals surface area contributed by atoms with Crippen LogP contribution in [0.5, 0.6) is 0 Å². The first-order valence-electron chi connectivity index (χ1n) is 11.2. The summed E-state index contributed by atoms with van der Waals surface area (Å²) in [5.41, 5.74) is -1.21. The molecule has 6 heterocycles. The molecule has 0 aliphatic carbocycles. The highest BCUT2D eigenvalue weighted by molar-refractivity contribution is 7.47. The summed E-state index contributed by atoms with van der Waals surface area (Å²) >= 11 is 0. The molecule has 6 rings (SSSR count). The summed E-state index contributed by atoms with van der Waals surface area (Å²) in [4.78, 5) is 54.3. The summed E-state index contributed by atoms with van der Waals surface area (Å²) in [6.07, 6.45) is -3.76. The number of aromatic amines is 1. The Morgan fingerprint density at radius 2 is 1.89 bits per heavy atom. The molecule has 36 heavy (non-hydrogen) atoms. The summed E-state index contributed by atoms with van der Waals surface area (Å²) in [6.45, 7) is 0.574. The van der Waals surface area contributed by atoms with Gasteiger partial charge in [0.15, 0.2) is 0 Å². The molecule has 1 unspecified atom stereocenters. The van der Waals surface area contributed by atoms with E-state index in [1.807, 2.05) is 0 Å². The van der Waals surface area contributed by atoms with Gasteiger partial charge in [-0.25, -0.2) is 14.2 Å². The number of aryl methyl sites for hydroxylation is 1. The van der Waals surface area contributed by atoms with E-state index in [-0.39, 0.29) is 30.5 Å². The SMILES string of the molecule is Cc1cn2c(=O)nc1Cc1cn(c(=O)[nH]c1=O)[C@H]1C[C@H](O)[C@@H](COP(=O)(O)O[C@H]3C[C@H]2O[C@@H]3CO)O1. The molecular weight excluding hydrogens is 503 g/mol. The fraction of sp³-hybridized carbons (Fsp3) is 0.600. The van der Waals surface area contributed by atoms with Crippen molar-refractivity contribution in [2.24, 2.45) is 0 Å². The number of rotatable bonds is 1. The van der Waals surface area contributed by atoms with Crippen LogP contribution in [-0.2, 0) is 29.5 Å². The maximum absolute atomic E-state index is 12.8. The molecule has 2 fully saturated rings. The molecule has 15 nitrogen and oxygen atoms in total. The topological polar surface area (TPSA) is 204 Å². The van der Waals surface area contributed by atoms with Crippen LogP contribution in [-0.4, -0.2) is 71.8 Å². The summed E-state index contributed by atoms with van der Waals surface area (Å²) in [6, 6.07) is 0. The van der Waals surface area contributed by atoms with Crippen LogP contribution >= 0.6 is 7.82 Å². The van der Waals surface area contributed by atoms with E-state index in [1.54, 1.807) is 6.92 Å². The minimum Gasteiger partial charge on any atom is -0.394 e. The van der Waals surface area contributed by atoms with Gasteiger partial charge in [0.1, 0.15) is 30.8 Å². The van der Waals surface area contributed by atoms with Gasteiger partial charge in [-0.15, -0.1) is 0 Å². The van der Waals surface area contributed by atoms with Gasteiger partial charge in [0, 0.05) is 37.2 Å². The molecule has 8 bridgehead atoms. The number of fused-ring (bicyclic) bond motifs is 5. The van der Waals surface area contributed by atoms with Crippen molar-refractivity contribution in [3.05, 3.63) is 60.5 Å². The molecule has 16 heteroatoms. The summed E-state index contributed by atoms with van der Waals surface area (Å²) in [5, 5.41) is 20.1. The minimum absolute atomic E-state index is 0.0607. The lowest BCUT2D eigenvalue weighted by Gasteiger charge is -2.22. The lowest BCUT2D eigenvalue weighted by molar-refractivity contribution is -0.0575. The first-order valence-corrected chi connectivity index (χ1v) is 12.7. The highest BCUT2D eigenvalue weighted by atomic mass is 31.2. The zero-order valence-corrected chi connectivity index (χ0v) is 19.9. The van der Waals surface area contributed by atoms with Crippen LogP contribution < -0.4 is 16.9 Å². The second-order valence-corrected chi connectivity index (χ2v) is 10.4. The number of phosphoric ester groups is 1. The number of nitrogens with zero attached hydrogens (tertiary/aromatic N) is 3. The molecule has 2 aromatic heterocycles.